The maximum Gasteiger partial charge on any atom is 0.245 e. The van der Waals surface area contributed by atoms with Crippen LogP contribution in [0.4, 0.5) is 0 Å². The Balaban J connectivity index is 1.63. The molecule has 3 saturated heterocycles. The Kier molecular flexibility index (Phi) is 12.0. The summed E-state index contributed by atoms with van der Waals surface area (Å²) in [5.41, 5.74) is 0.929. The standard InChI is InChI=1S/C33H48N6O6/c1-22(2)30-32(44)35-25(19-24-11-6-4-7-12-24)20-38(29(42)15-18-37-16-9-5-8-14-28(37)41)21-27(40)34-23(3)33(45)39-17-10-13-26(39)31(43)36-30/h4,6-7,11-12,22-23,25-26,30H,5,8-10,13-21H2,1-3H3,(H,34,40)(H,35,44)(H,36,43)/t23-,25-,26+,30-/m0/s1. The van der Waals surface area contributed by atoms with Gasteiger partial charge in [-0.05, 0) is 50.5 Å². The summed E-state index contributed by atoms with van der Waals surface area (Å²) < 4.78 is 0. The highest BCUT2D eigenvalue weighted by Crippen LogP contribution is 2.20. The van der Waals surface area contributed by atoms with Crippen molar-refractivity contribution in [1.82, 2.24) is 30.7 Å². The summed E-state index contributed by atoms with van der Waals surface area (Å²) in [5.74, 6) is -2.26. The van der Waals surface area contributed by atoms with Crippen LogP contribution >= 0.6 is 0 Å². The lowest BCUT2D eigenvalue weighted by Crippen LogP contribution is -2.58. The highest BCUT2D eigenvalue weighted by atomic mass is 16.2. The minimum absolute atomic E-state index is 0.0245. The monoisotopic (exact) mass is 624 g/mol. The van der Waals surface area contributed by atoms with Crippen LogP contribution in [0.3, 0.4) is 0 Å². The quantitative estimate of drug-likeness (QED) is 0.430. The van der Waals surface area contributed by atoms with Gasteiger partial charge in [0.25, 0.3) is 0 Å². The van der Waals surface area contributed by atoms with E-state index in [0.29, 0.717) is 38.8 Å². The molecule has 3 N–H and O–H groups in total. The molecule has 0 radical (unpaired) electrons. The van der Waals surface area contributed by atoms with Crippen molar-refractivity contribution >= 4 is 35.4 Å². The first-order valence-electron chi connectivity index (χ1n) is 16.3. The molecule has 3 fully saturated rings. The zero-order valence-electron chi connectivity index (χ0n) is 26.8. The van der Waals surface area contributed by atoms with Crippen LogP contribution in [0.15, 0.2) is 30.3 Å². The lowest BCUT2D eigenvalue weighted by molar-refractivity contribution is -0.142. The van der Waals surface area contributed by atoms with Crippen molar-refractivity contribution in [2.45, 2.75) is 96.3 Å². The second-order valence-electron chi connectivity index (χ2n) is 12.8. The van der Waals surface area contributed by atoms with E-state index in [9.17, 15) is 28.8 Å². The van der Waals surface area contributed by atoms with Crippen LogP contribution in [0.25, 0.3) is 0 Å². The van der Waals surface area contributed by atoms with Crippen LogP contribution in [-0.4, -0.2) is 107 Å². The Labute approximate surface area is 265 Å². The summed E-state index contributed by atoms with van der Waals surface area (Å²) in [6, 6.07) is 6.42. The SMILES string of the molecule is CC(C)[C@@H]1NC(=O)[C@H]2CCCN2C(=O)[C@H](C)NC(=O)CN(C(=O)CCN2CCCCCC2=O)C[C@H](Cc2ccccc2)NC1=O. The van der Waals surface area contributed by atoms with Crippen molar-refractivity contribution in [2.75, 3.05) is 32.7 Å². The van der Waals surface area contributed by atoms with E-state index < -0.39 is 41.9 Å². The molecular formula is C33H48N6O6. The van der Waals surface area contributed by atoms with E-state index in [1.165, 1.54) is 9.80 Å². The number of carbonyl (C=O) groups is 6. The zero-order valence-corrected chi connectivity index (χ0v) is 26.8. The van der Waals surface area contributed by atoms with Crippen molar-refractivity contribution in [3.8, 4) is 0 Å². The van der Waals surface area contributed by atoms with Gasteiger partial charge in [0.05, 0.1) is 12.6 Å². The van der Waals surface area contributed by atoms with Crippen LogP contribution in [0.2, 0.25) is 0 Å². The van der Waals surface area contributed by atoms with Gasteiger partial charge in [-0.3, -0.25) is 28.8 Å². The Morgan fingerprint density at radius 1 is 0.911 bits per heavy atom. The number of rotatable bonds is 6. The first-order chi connectivity index (χ1) is 21.5. The van der Waals surface area contributed by atoms with Crippen molar-refractivity contribution in [3.05, 3.63) is 35.9 Å². The summed E-state index contributed by atoms with van der Waals surface area (Å²) in [7, 11) is 0. The van der Waals surface area contributed by atoms with Crippen molar-refractivity contribution in [2.24, 2.45) is 5.92 Å². The first kappa shape index (κ1) is 33.9. The van der Waals surface area contributed by atoms with Gasteiger partial charge in [0, 0.05) is 39.0 Å². The average Bonchev–Trinajstić information content (AvgIpc) is 3.40. The molecule has 45 heavy (non-hydrogen) atoms. The van der Waals surface area contributed by atoms with Crippen molar-refractivity contribution in [1.29, 1.82) is 0 Å². The van der Waals surface area contributed by atoms with Crippen molar-refractivity contribution < 1.29 is 28.8 Å². The molecule has 12 nitrogen and oxygen atoms in total. The van der Waals surface area contributed by atoms with Crippen LogP contribution in [-0.2, 0) is 35.2 Å². The van der Waals surface area contributed by atoms with Gasteiger partial charge in [0.15, 0.2) is 0 Å². The van der Waals surface area contributed by atoms with Crippen LogP contribution in [0.5, 0.6) is 0 Å². The molecular weight excluding hydrogens is 576 g/mol. The number of hydrogen-bond donors (Lipinski definition) is 3. The lowest BCUT2D eigenvalue weighted by Gasteiger charge is -2.31. The predicted octanol–water partition coefficient (Wildman–Crippen LogP) is 0.985. The Morgan fingerprint density at radius 2 is 1.67 bits per heavy atom. The van der Waals surface area contributed by atoms with E-state index in [1.54, 1.807) is 11.8 Å². The van der Waals surface area contributed by atoms with E-state index in [1.807, 2.05) is 44.2 Å². The molecule has 4 rings (SSSR count). The summed E-state index contributed by atoms with van der Waals surface area (Å²) in [5, 5.41) is 8.67. The second kappa shape index (κ2) is 15.9. The maximum absolute atomic E-state index is 13.8. The molecule has 3 heterocycles. The van der Waals surface area contributed by atoms with E-state index in [-0.39, 0.29) is 49.7 Å². The molecule has 3 aliphatic rings. The van der Waals surface area contributed by atoms with Gasteiger partial charge in [-0.15, -0.1) is 0 Å². The molecule has 4 atom stereocenters. The highest BCUT2D eigenvalue weighted by molar-refractivity contribution is 5.95. The van der Waals surface area contributed by atoms with Gasteiger partial charge in [0.1, 0.15) is 18.1 Å². The molecule has 6 amide bonds. The summed E-state index contributed by atoms with van der Waals surface area (Å²) >= 11 is 0. The summed E-state index contributed by atoms with van der Waals surface area (Å²) in [6.07, 6.45) is 4.65. The number of amides is 6. The number of nitrogens with one attached hydrogen (secondary N) is 3. The topological polar surface area (TPSA) is 148 Å². The third-order valence-corrected chi connectivity index (χ3v) is 8.90. The average molecular weight is 625 g/mol. The minimum Gasteiger partial charge on any atom is -0.349 e. The summed E-state index contributed by atoms with van der Waals surface area (Å²) in [6.45, 7) is 6.17. The van der Waals surface area contributed by atoms with Crippen LogP contribution in [0.1, 0.15) is 71.3 Å². The van der Waals surface area contributed by atoms with E-state index in [0.717, 1.165) is 24.8 Å². The fraction of sp³-hybridized carbons (Fsp3) is 0.636. The lowest BCUT2D eigenvalue weighted by atomic mass is 10.00. The number of hydrogen-bond acceptors (Lipinski definition) is 6. The molecule has 0 spiro atoms. The van der Waals surface area contributed by atoms with Gasteiger partial charge < -0.3 is 30.7 Å². The number of fused-ring (bicyclic) bond motifs is 1. The Bertz CT molecular complexity index is 1240. The number of nitrogens with zero attached hydrogens (tertiary/aromatic N) is 3. The Hall–Kier alpha value is -3.96. The van der Waals surface area contributed by atoms with Crippen LogP contribution in [0, 0.1) is 5.92 Å². The number of benzene rings is 1. The zero-order chi connectivity index (χ0) is 32.5. The second-order valence-corrected chi connectivity index (χ2v) is 12.8. The third kappa shape index (κ3) is 9.27. The maximum atomic E-state index is 13.8. The molecule has 0 unspecified atom stereocenters. The predicted molar refractivity (Wildman–Crippen MR) is 167 cm³/mol. The van der Waals surface area contributed by atoms with Gasteiger partial charge in [-0.25, -0.2) is 0 Å². The normalized spacial score (nSPS) is 26.0. The number of carbonyl (C=O) groups excluding carboxylic acids is 6. The molecule has 0 aliphatic carbocycles. The molecule has 0 aromatic heterocycles. The molecule has 1 aromatic rings. The molecule has 12 heteroatoms. The molecule has 1 aromatic carbocycles. The van der Waals surface area contributed by atoms with E-state index in [4.69, 9.17) is 0 Å². The largest absolute Gasteiger partial charge is 0.349 e. The van der Waals surface area contributed by atoms with Crippen molar-refractivity contribution in [3.63, 3.8) is 0 Å². The fourth-order valence-electron chi connectivity index (χ4n) is 6.39. The fourth-order valence-corrected chi connectivity index (χ4v) is 6.39. The molecule has 246 valence electrons. The highest BCUT2D eigenvalue weighted by Gasteiger charge is 2.39. The first-order valence-corrected chi connectivity index (χ1v) is 16.3. The van der Waals surface area contributed by atoms with E-state index >= 15 is 0 Å². The summed E-state index contributed by atoms with van der Waals surface area (Å²) in [4.78, 5) is 84.7. The smallest absolute Gasteiger partial charge is 0.245 e. The van der Waals surface area contributed by atoms with Gasteiger partial charge in [-0.2, -0.15) is 0 Å². The minimum atomic E-state index is -0.913. The third-order valence-electron chi connectivity index (χ3n) is 8.90. The molecule has 0 saturated carbocycles. The van der Waals surface area contributed by atoms with E-state index in [2.05, 4.69) is 16.0 Å². The van der Waals surface area contributed by atoms with Gasteiger partial charge in [0.2, 0.25) is 35.4 Å². The van der Waals surface area contributed by atoms with Gasteiger partial charge in [-0.1, -0.05) is 50.6 Å². The van der Waals surface area contributed by atoms with Crippen LogP contribution < -0.4 is 16.0 Å². The molecule has 3 aliphatic heterocycles. The molecule has 0 bridgehead atoms. The number of likely N-dealkylation sites (tertiary alicyclic amines) is 1. The van der Waals surface area contributed by atoms with Gasteiger partial charge >= 0.3 is 0 Å². The Morgan fingerprint density at radius 3 is 2.40 bits per heavy atom.